The van der Waals surface area contributed by atoms with Crippen molar-refractivity contribution in [1.29, 1.82) is 0 Å². The summed E-state index contributed by atoms with van der Waals surface area (Å²) in [5, 5.41) is 7.09. The first-order chi connectivity index (χ1) is 8.24. The number of aromatic nitrogens is 1. The number of hydrogen-bond donors (Lipinski definition) is 1. The second kappa shape index (κ2) is 6.21. The monoisotopic (exact) mass is 270 g/mol. The van der Waals surface area contributed by atoms with Crippen LogP contribution < -0.4 is 5.32 Å². The molecular formula is C13H22N2S2. The molecule has 1 aromatic rings. The van der Waals surface area contributed by atoms with Crippen molar-refractivity contribution < 1.29 is 0 Å². The number of hydrogen-bond acceptors (Lipinski definition) is 4. The van der Waals surface area contributed by atoms with Gasteiger partial charge in [-0.25, -0.2) is 4.98 Å². The molecule has 1 saturated heterocycles. The molecule has 1 aliphatic rings. The Balaban J connectivity index is 2.02. The minimum absolute atomic E-state index is 0.404. The van der Waals surface area contributed by atoms with Gasteiger partial charge in [-0.2, -0.15) is 11.8 Å². The Labute approximate surface area is 113 Å². The molecule has 4 heteroatoms. The normalized spacial score (nSPS) is 26.2. The van der Waals surface area contributed by atoms with Crippen LogP contribution in [-0.4, -0.2) is 28.1 Å². The predicted octanol–water partition coefficient (Wildman–Crippen LogP) is 3.34. The minimum Gasteiger partial charge on any atom is -0.312 e. The average molecular weight is 270 g/mol. The van der Waals surface area contributed by atoms with E-state index in [9.17, 15) is 0 Å². The van der Waals surface area contributed by atoms with E-state index in [4.69, 9.17) is 0 Å². The summed E-state index contributed by atoms with van der Waals surface area (Å²) in [7, 11) is 0. The van der Waals surface area contributed by atoms with E-state index in [2.05, 4.69) is 41.3 Å². The van der Waals surface area contributed by atoms with Gasteiger partial charge in [0, 0.05) is 28.8 Å². The highest BCUT2D eigenvalue weighted by molar-refractivity contribution is 8.00. The summed E-state index contributed by atoms with van der Waals surface area (Å²) in [5.74, 6) is 1.32. The fourth-order valence-electron chi connectivity index (χ4n) is 2.43. The molecule has 2 heterocycles. The molecule has 1 aliphatic heterocycles. The Hall–Kier alpha value is -0.0600. The largest absolute Gasteiger partial charge is 0.312 e. The lowest BCUT2D eigenvalue weighted by molar-refractivity contribution is 0.398. The van der Waals surface area contributed by atoms with Crippen molar-refractivity contribution in [1.82, 2.24) is 10.3 Å². The van der Waals surface area contributed by atoms with Gasteiger partial charge in [0.15, 0.2) is 0 Å². The van der Waals surface area contributed by atoms with E-state index in [1.807, 2.05) is 6.20 Å². The van der Waals surface area contributed by atoms with Crippen LogP contribution in [0.1, 0.15) is 38.1 Å². The topological polar surface area (TPSA) is 24.9 Å². The summed E-state index contributed by atoms with van der Waals surface area (Å²) >= 11 is 3.92. The third-order valence-corrected chi connectivity index (χ3v) is 5.93. The van der Waals surface area contributed by atoms with Crippen LogP contribution in [-0.2, 0) is 6.42 Å². The summed E-state index contributed by atoms with van der Waals surface area (Å²) < 4.78 is 0.404. The van der Waals surface area contributed by atoms with Crippen LogP contribution in [0.25, 0.3) is 0 Å². The van der Waals surface area contributed by atoms with Crippen LogP contribution in [0.3, 0.4) is 0 Å². The second-order valence-corrected chi connectivity index (χ2v) is 7.51. The Bertz CT molecular complexity index is 318. The number of nitrogens with one attached hydrogen (secondary N) is 1. The third kappa shape index (κ3) is 3.46. The van der Waals surface area contributed by atoms with Crippen LogP contribution in [0.4, 0.5) is 0 Å². The SMILES string of the molecule is CCCNC(Cc1nccs1)C1(C)CCCS1. The molecule has 2 unspecified atom stereocenters. The van der Waals surface area contributed by atoms with Crippen molar-refractivity contribution >= 4 is 23.1 Å². The van der Waals surface area contributed by atoms with Gasteiger partial charge in [0.25, 0.3) is 0 Å². The van der Waals surface area contributed by atoms with Crippen LogP contribution in [0.2, 0.25) is 0 Å². The van der Waals surface area contributed by atoms with Crippen LogP contribution >= 0.6 is 23.1 Å². The summed E-state index contributed by atoms with van der Waals surface area (Å²) in [6, 6.07) is 0.570. The zero-order valence-electron chi connectivity index (χ0n) is 10.7. The lowest BCUT2D eigenvalue weighted by Crippen LogP contribution is -2.47. The van der Waals surface area contributed by atoms with E-state index in [1.165, 1.54) is 30.0 Å². The summed E-state index contributed by atoms with van der Waals surface area (Å²) in [6.07, 6.45) is 6.91. The minimum atomic E-state index is 0.404. The van der Waals surface area contributed by atoms with Gasteiger partial charge in [-0.1, -0.05) is 6.92 Å². The van der Waals surface area contributed by atoms with Crippen molar-refractivity contribution in [3.05, 3.63) is 16.6 Å². The smallest absolute Gasteiger partial charge is 0.0940 e. The van der Waals surface area contributed by atoms with Gasteiger partial charge in [-0.15, -0.1) is 11.3 Å². The predicted molar refractivity (Wildman–Crippen MR) is 78.0 cm³/mol. The highest BCUT2D eigenvalue weighted by Crippen LogP contribution is 2.41. The first-order valence-electron chi connectivity index (χ1n) is 6.50. The second-order valence-electron chi connectivity index (χ2n) is 4.90. The number of thiazole rings is 1. The summed E-state index contributed by atoms with van der Waals surface area (Å²) in [6.45, 7) is 5.77. The molecule has 17 heavy (non-hydrogen) atoms. The molecule has 0 radical (unpaired) electrons. The summed E-state index contributed by atoms with van der Waals surface area (Å²) in [4.78, 5) is 4.44. The molecule has 0 saturated carbocycles. The van der Waals surface area contributed by atoms with Gasteiger partial charge in [0.1, 0.15) is 0 Å². The molecule has 0 aromatic carbocycles. The first kappa shape index (κ1) is 13.4. The molecule has 0 bridgehead atoms. The molecule has 2 nitrogen and oxygen atoms in total. The molecule has 0 spiro atoms. The molecule has 1 fully saturated rings. The Morgan fingerprint density at radius 2 is 2.47 bits per heavy atom. The van der Waals surface area contributed by atoms with Gasteiger partial charge in [-0.3, -0.25) is 0 Å². The van der Waals surface area contributed by atoms with Crippen molar-refractivity contribution in [2.45, 2.75) is 50.3 Å². The van der Waals surface area contributed by atoms with Gasteiger partial charge in [-0.05, 0) is 38.5 Å². The van der Waals surface area contributed by atoms with Crippen molar-refractivity contribution in [3.63, 3.8) is 0 Å². The molecule has 2 atom stereocenters. The standard InChI is InChI=1S/C13H22N2S2/c1-3-6-14-11(10-12-15-7-9-16-12)13(2)5-4-8-17-13/h7,9,11,14H,3-6,8,10H2,1-2H3. The van der Waals surface area contributed by atoms with Gasteiger partial charge in [0.05, 0.1) is 5.01 Å². The van der Waals surface area contributed by atoms with Gasteiger partial charge < -0.3 is 5.32 Å². The zero-order chi connectivity index (χ0) is 12.1. The van der Waals surface area contributed by atoms with Crippen molar-refractivity contribution in [3.8, 4) is 0 Å². The zero-order valence-corrected chi connectivity index (χ0v) is 12.4. The number of thioether (sulfide) groups is 1. The molecule has 2 rings (SSSR count). The third-order valence-electron chi connectivity index (χ3n) is 3.49. The van der Waals surface area contributed by atoms with E-state index < -0.39 is 0 Å². The maximum absolute atomic E-state index is 4.44. The fraction of sp³-hybridized carbons (Fsp3) is 0.769. The lowest BCUT2D eigenvalue weighted by atomic mass is 9.93. The molecular weight excluding hydrogens is 248 g/mol. The first-order valence-corrected chi connectivity index (χ1v) is 8.37. The van der Waals surface area contributed by atoms with E-state index in [-0.39, 0.29) is 0 Å². The molecule has 1 aromatic heterocycles. The number of nitrogens with zero attached hydrogens (tertiary/aromatic N) is 1. The van der Waals surface area contributed by atoms with Crippen LogP contribution in [0.5, 0.6) is 0 Å². The quantitative estimate of drug-likeness (QED) is 0.858. The molecule has 96 valence electrons. The molecule has 0 aliphatic carbocycles. The van der Waals surface area contributed by atoms with E-state index in [0.29, 0.717) is 10.8 Å². The van der Waals surface area contributed by atoms with Gasteiger partial charge in [0.2, 0.25) is 0 Å². The number of rotatable bonds is 6. The van der Waals surface area contributed by atoms with Crippen LogP contribution in [0.15, 0.2) is 11.6 Å². The Kier molecular flexibility index (Phi) is 4.88. The van der Waals surface area contributed by atoms with E-state index in [1.54, 1.807) is 11.3 Å². The average Bonchev–Trinajstić information content (AvgIpc) is 2.96. The van der Waals surface area contributed by atoms with E-state index >= 15 is 0 Å². The van der Waals surface area contributed by atoms with Crippen molar-refractivity contribution in [2.24, 2.45) is 0 Å². The molecule has 0 amide bonds. The highest BCUT2D eigenvalue weighted by Gasteiger charge is 2.37. The maximum Gasteiger partial charge on any atom is 0.0940 e. The van der Waals surface area contributed by atoms with Crippen molar-refractivity contribution in [2.75, 3.05) is 12.3 Å². The highest BCUT2D eigenvalue weighted by atomic mass is 32.2. The van der Waals surface area contributed by atoms with Gasteiger partial charge >= 0.3 is 0 Å². The maximum atomic E-state index is 4.44. The fourth-order valence-corrected chi connectivity index (χ4v) is 4.50. The van der Waals surface area contributed by atoms with Crippen LogP contribution in [0, 0.1) is 0 Å². The summed E-state index contributed by atoms with van der Waals surface area (Å²) in [5.41, 5.74) is 0. The Morgan fingerprint density at radius 3 is 3.06 bits per heavy atom. The lowest BCUT2D eigenvalue weighted by Gasteiger charge is -2.33. The van der Waals surface area contributed by atoms with E-state index in [0.717, 1.165) is 13.0 Å². The molecule has 1 N–H and O–H groups in total. The Morgan fingerprint density at radius 1 is 1.59 bits per heavy atom.